The number of allylic oxidation sites excluding steroid dienone is 3. The van der Waals surface area contributed by atoms with E-state index >= 15 is 0 Å². The van der Waals surface area contributed by atoms with Crippen LogP contribution in [0.1, 0.15) is 25.8 Å². The maximum Gasteiger partial charge on any atom is 0.0789 e. The van der Waals surface area contributed by atoms with Crippen LogP contribution in [0.5, 0.6) is 0 Å². The van der Waals surface area contributed by atoms with Gasteiger partial charge >= 0.3 is 0 Å². The predicted octanol–water partition coefficient (Wildman–Crippen LogP) is 4.63. The van der Waals surface area contributed by atoms with Gasteiger partial charge in [-0.1, -0.05) is 66.3 Å². The van der Waals surface area contributed by atoms with Crippen molar-refractivity contribution >= 4 is 5.57 Å². The van der Waals surface area contributed by atoms with Crippen LogP contribution in [-0.4, -0.2) is 13.2 Å². The van der Waals surface area contributed by atoms with Crippen LogP contribution in [0, 0.1) is 0 Å². The van der Waals surface area contributed by atoms with E-state index in [9.17, 15) is 0 Å². The van der Waals surface area contributed by atoms with E-state index < -0.39 is 0 Å². The Hall–Kier alpha value is -1.60. The fraction of sp³-hybridized carbons (Fsp3) is 0.294. The fourth-order valence-corrected chi connectivity index (χ4v) is 1.61. The van der Waals surface area contributed by atoms with Crippen LogP contribution < -0.4 is 0 Å². The van der Waals surface area contributed by atoms with Crippen LogP contribution in [0.2, 0.25) is 0 Å². The van der Waals surface area contributed by atoms with Gasteiger partial charge in [0.1, 0.15) is 0 Å². The summed E-state index contributed by atoms with van der Waals surface area (Å²) in [4.78, 5) is 0. The highest BCUT2D eigenvalue weighted by atomic mass is 16.5. The van der Waals surface area contributed by atoms with Gasteiger partial charge in [-0.25, -0.2) is 0 Å². The van der Waals surface area contributed by atoms with Crippen molar-refractivity contribution in [2.45, 2.75) is 26.4 Å². The highest BCUT2D eigenvalue weighted by molar-refractivity contribution is 5.60. The monoisotopic (exact) mass is 242 g/mol. The van der Waals surface area contributed by atoms with Gasteiger partial charge in [0.15, 0.2) is 0 Å². The predicted molar refractivity (Wildman–Crippen MR) is 79.5 cm³/mol. The molecular formula is C17H22O. The number of methoxy groups -OCH3 is 1. The standard InChI is InChI=1S/C9H10.C8H12O/c1-8(2)9-6-4-3-5-7-9;1-7-3-5-8(9-2)6-4-7/h3-7H,1H2,2H3;3-5,8H,6H2,1-2H3. The molecule has 0 aromatic heterocycles. The second kappa shape index (κ2) is 7.67. The van der Waals surface area contributed by atoms with Gasteiger partial charge in [0.05, 0.1) is 6.10 Å². The Morgan fingerprint density at radius 1 is 1.28 bits per heavy atom. The Kier molecular flexibility index (Phi) is 6.16. The number of ether oxygens (including phenoxy) is 1. The first-order chi connectivity index (χ1) is 8.63. The molecule has 0 spiro atoms. The first-order valence-corrected chi connectivity index (χ1v) is 6.22. The van der Waals surface area contributed by atoms with Gasteiger partial charge < -0.3 is 4.74 Å². The van der Waals surface area contributed by atoms with Gasteiger partial charge in [0, 0.05) is 7.11 Å². The Labute approximate surface area is 110 Å². The van der Waals surface area contributed by atoms with Crippen LogP contribution in [0.15, 0.2) is 60.7 Å². The van der Waals surface area contributed by atoms with E-state index in [-0.39, 0.29) is 0 Å². The van der Waals surface area contributed by atoms with E-state index in [4.69, 9.17) is 4.74 Å². The molecule has 1 unspecified atom stereocenters. The molecule has 96 valence electrons. The van der Waals surface area contributed by atoms with Gasteiger partial charge in [0.2, 0.25) is 0 Å². The molecule has 0 aliphatic heterocycles. The number of benzene rings is 1. The van der Waals surface area contributed by atoms with E-state index in [1.807, 2.05) is 25.1 Å². The Morgan fingerprint density at radius 3 is 2.33 bits per heavy atom. The molecule has 1 aromatic carbocycles. The third-order valence-electron chi connectivity index (χ3n) is 2.82. The number of hydrogen-bond donors (Lipinski definition) is 0. The first-order valence-electron chi connectivity index (χ1n) is 6.22. The zero-order valence-corrected chi connectivity index (χ0v) is 11.5. The molecule has 0 bridgehead atoms. The van der Waals surface area contributed by atoms with Gasteiger partial charge in [-0.05, 0) is 25.8 Å². The summed E-state index contributed by atoms with van der Waals surface area (Å²) in [6, 6.07) is 10.2. The highest BCUT2D eigenvalue weighted by Crippen LogP contribution is 2.11. The molecule has 1 aliphatic rings. The van der Waals surface area contributed by atoms with Crippen molar-refractivity contribution in [3.63, 3.8) is 0 Å². The topological polar surface area (TPSA) is 9.23 Å². The van der Waals surface area contributed by atoms with Crippen molar-refractivity contribution in [2.24, 2.45) is 0 Å². The molecule has 2 rings (SSSR count). The van der Waals surface area contributed by atoms with Crippen LogP contribution in [0.4, 0.5) is 0 Å². The Morgan fingerprint density at radius 2 is 1.94 bits per heavy atom. The van der Waals surface area contributed by atoms with E-state index in [2.05, 4.69) is 43.9 Å². The van der Waals surface area contributed by atoms with Crippen molar-refractivity contribution in [1.82, 2.24) is 0 Å². The smallest absolute Gasteiger partial charge is 0.0789 e. The van der Waals surface area contributed by atoms with Gasteiger partial charge in [0.25, 0.3) is 0 Å². The molecule has 1 heteroatoms. The summed E-state index contributed by atoms with van der Waals surface area (Å²) >= 11 is 0. The lowest BCUT2D eigenvalue weighted by Crippen LogP contribution is -2.07. The third kappa shape index (κ3) is 5.15. The number of hydrogen-bond acceptors (Lipinski definition) is 1. The molecule has 1 atom stereocenters. The average molecular weight is 242 g/mol. The zero-order valence-electron chi connectivity index (χ0n) is 11.5. The maximum absolute atomic E-state index is 5.11. The van der Waals surface area contributed by atoms with Crippen LogP contribution in [0.3, 0.4) is 0 Å². The van der Waals surface area contributed by atoms with Crippen LogP contribution in [-0.2, 0) is 4.74 Å². The molecule has 0 N–H and O–H groups in total. The summed E-state index contributed by atoms with van der Waals surface area (Å²) in [7, 11) is 1.74. The largest absolute Gasteiger partial charge is 0.377 e. The lowest BCUT2D eigenvalue weighted by atomic mass is 10.1. The Bertz CT molecular complexity index is 426. The van der Waals surface area contributed by atoms with Crippen molar-refractivity contribution in [3.8, 4) is 0 Å². The molecule has 1 aromatic rings. The number of rotatable bonds is 2. The van der Waals surface area contributed by atoms with Crippen LogP contribution in [0.25, 0.3) is 5.57 Å². The minimum absolute atomic E-state index is 0.314. The first kappa shape index (κ1) is 14.5. The summed E-state index contributed by atoms with van der Waals surface area (Å²) in [6.07, 6.45) is 7.72. The second-order valence-corrected chi connectivity index (χ2v) is 4.46. The Balaban J connectivity index is 0.000000180. The second-order valence-electron chi connectivity index (χ2n) is 4.46. The van der Waals surface area contributed by atoms with Crippen molar-refractivity contribution in [2.75, 3.05) is 7.11 Å². The van der Waals surface area contributed by atoms with Gasteiger partial charge in [-0.2, -0.15) is 0 Å². The van der Waals surface area contributed by atoms with Gasteiger partial charge in [-0.3, -0.25) is 0 Å². The molecule has 0 radical (unpaired) electrons. The summed E-state index contributed by atoms with van der Waals surface area (Å²) in [5, 5.41) is 0. The fourth-order valence-electron chi connectivity index (χ4n) is 1.61. The maximum atomic E-state index is 5.11. The molecule has 1 nitrogen and oxygen atoms in total. The summed E-state index contributed by atoms with van der Waals surface area (Å²) < 4.78 is 5.11. The third-order valence-corrected chi connectivity index (χ3v) is 2.82. The van der Waals surface area contributed by atoms with E-state index in [1.165, 1.54) is 11.1 Å². The molecule has 0 heterocycles. The zero-order chi connectivity index (χ0) is 13.4. The summed E-state index contributed by atoms with van der Waals surface area (Å²) in [5.74, 6) is 0. The SMILES string of the molecule is C=C(C)c1ccccc1.COC1C=CC(C)=CC1. The molecule has 1 aliphatic carbocycles. The highest BCUT2D eigenvalue weighted by Gasteiger charge is 2.02. The van der Waals surface area contributed by atoms with Crippen LogP contribution >= 0.6 is 0 Å². The van der Waals surface area contributed by atoms with Crippen molar-refractivity contribution in [3.05, 3.63) is 66.3 Å². The molecule has 0 saturated heterocycles. The molecule has 0 saturated carbocycles. The van der Waals surface area contributed by atoms with Crippen molar-refractivity contribution in [1.29, 1.82) is 0 Å². The minimum atomic E-state index is 0.314. The lowest BCUT2D eigenvalue weighted by molar-refractivity contribution is 0.142. The average Bonchev–Trinajstić information content (AvgIpc) is 2.41. The summed E-state index contributed by atoms with van der Waals surface area (Å²) in [5.41, 5.74) is 3.68. The van der Waals surface area contributed by atoms with Crippen molar-refractivity contribution < 1.29 is 4.74 Å². The quantitative estimate of drug-likeness (QED) is 0.735. The summed E-state index contributed by atoms with van der Waals surface area (Å²) in [6.45, 7) is 7.93. The van der Waals surface area contributed by atoms with E-state index in [1.54, 1.807) is 7.11 Å². The lowest BCUT2D eigenvalue weighted by Gasteiger charge is -2.11. The minimum Gasteiger partial charge on any atom is -0.377 e. The van der Waals surface area contributed by atoms with Gasteiger partial charge in [-0.15, -0.1) is 0 Å². The molecule has 0 fully saturated rings. The molecule has 18 heavy (non-hydrogen) atoms. The normalized spacial score (nSPS) is 17.5. The molecular weight excluding hydrogens is 220 g/mol. The van der Waals surface area contributed by atoms with E-state index in [0.29, 0.717) is 6.10 Å². The molecule has 0 amide bonds. The van der Waals surface area contributed by atoms with E-state index in [0.717, 1.165) is 12.0 Å².